The minimum atomic E-state index is -3.05. The molecule has 1 heterocycles. The normalized spacial score (nSPS) is 12.4. The molecule has 0 fully saturated rings. The number of rotatable bonds is 11. The van der Waals surface area contributed by atoms with Gasteiger partial charge >= 0.3 is 12.6 Å². The van der Waals surface area contributed by atoms with E-state index in [-0.39, 0.29) is 34.4 Å². The number of nitrogens with one attached hydrogen (secondary N) is 1. The zero-order valence-corrected chi connectivity index (χ0v) is 24.2. The highest BCUT2D eigenvalue weighted by Crippen LogP contribution is 2.38. The third-order valence-electron chi connectivity index (χ3n) is 5.91. The fraction of sp³-hybridized carbons (Fsp3) is 0.400. The molecule has 3 rings (SSSR count). The Morgan fingerprint density at radius 3 is 2.25 bits per heavy atom. The average molecular weight is 577 g/mol. The first-order valence-electron chi connectivity index (χ1n) is 12.9. The van der Waals surface area contributed by atoms with Gasteiger partial charge in [0.15, 0.2) is 0 Å². The molecule has 0 aliphatic rings. The molecule has 1 unspecified atom stereocenters. The molecule has 0 bridgehead atoms. The second-order valence-corrected chi connectivity index (χ2v) is 11.2. The van der Waals surface area contributed by atoms with E-state index in [2.05, 4.69) is 23.9 Å². The van der Waals surface area contributed by atoms with E-state index in [4.69, 9.17) is 21.1 Å². The number of hydrogen-bond acceptors (Lipinski definition) is 6. The van der Waals surface area contributed by atoms with Crippen molar-refractivity contribution in [3.05, 3.63) is 75.7 Å². The first kappa shape index (κ1) is 30.9. The number of hydrogen-bond donors (Lipinski definition) is 1. The van der Waals surface area contributed by atoms with Crippen LogP contribution in [0.5, 0.6) is 11.5 Å². The van der Waals surface area contributed by atoms with Gasteiger partial charge < -0.3 is 24.1 Å². The monoisotopic (exact) mass is 576 g/mol. The summed E-state index contributed by atoms with van der Waals surface area (Å²) in [5.41, 5.74) is 0.781. The number of esters is 1. The van der Waals surface area contributed by atoms with Crippen molar-refractivity contribution in [2.45, 2.75) is 59.3 Å². The number of benzene rings is 2. The van der Waals surface area contributed by atoms with Crippen LogP contribution in [0.25, 0.3) is 11.1 Å². The van der Waals surface area contributed by atoms with Crippen LogP contribution >= 0.6 is 11.6 Å². The molecular formula is C30H35ClF2N2O5. The van der Waals surface area contributed by atoms with Crippen LogP contribution in [0.1, 0.15) is 57.4 Å². The van der Waals surface area contributed by atoms with Crippen molar-refractivity contribution in [2.24, 2.45) is 5.92 Å². The first-order valence-corrected chi connectivity index (χ1v) is 13.3. The molecule has 0 saturated carbocycles. The van der Waals surface area contributed by atoms with Gasteiger partial charge in [0.25, 0.3) is 5.56 Å². The van der Waals surface area contributed by atoms with Crippen LogP contribution in [0.3, 0.4) is 0 Å². The molecule has 1 aromatic heterocycles. The molecular weight excluding hydrogens is 542 g/mol. The molecule has 10 heteroatoms. The van der Waals surface area contributed by atoms with Crippen molar-refractivity contribution < 1.29 is 27.8 Å². The first-order chi connectivity index (χ1) is 18.8. The number of aromatic nitrogens is 1. The summed E-state index contributed by atoms with van der Waals surface area (Å²) < 4.78 is 43.3. The fourth-order valence-electron chi connectivity index (χ4n) is 4.23. The summed E-state index contributed by atoms with van der Waals surface area (Å²) in [7, 11) is 1.44. The number of ether oxygens (including phenoxy) is 3. The van der Waals surface area contributed by atoms with Crippen molar-refractivity contribution in [1.82, 2.24) is 4.57 Å². The quantitative estimate of drug-likeness (QED) is 0.239. The Kier molecular flexibility index (Phi) is 10.2. The molecule has 0 saturated heterocycles. The Balaban J connectivity index is 1.90. The summed E-state index contributed by atoms with van der Waals surface area (Å²) in [5, 5.41) is 3.63. The van der Waals surface area contributed by atoms with E-state index < -0.39 is 18.2 Å². The third kappa shape index (κ3) is 8.45. The number of alkyl halides is 2. The van der Waals surface area contributed by atoms with E-state index in [1.54, 1.807) is 35.0 Å². The number of carbonyl (C=O) groups is 1. The molecule has 3 aromatic rings. The molecule has 0 aliphatic heterocycles. The Hall–Kier alpha value is -3.59. The van der Waals surface area contributed by atoms with Crippen LogP contribution < -0.4 is 20.3 Å². The maximum absolute atomic E-state index is 13.4. The molecule has 1 atom stereocenters. The largest absolute Gasteiger partial charge is 0.495 e. The topological polar surface area (TPSA) is 78.8 Å². The molecule has 1 N–H and O–H groups in total. The van der Waals surface area contributed by atoms with Gasteiger partial charge in [-0.3, -0.25) is 4.79 Å². The highest BCUT2D eigenvalue weighted by molar-refractivity contribution is 6.31. The van der Waals surface area contributed by atoms with Crippen LogP contribution in [0.15, 0.2) is 59.5 Å². The van der Waals surface area contributed by atoms with Gasteiger partial charge in [-0.15, -0.1) is 0 Å². The van der Waals surface area contributed by atoms with Crippen molar-refractivity contribution in [1.29, 1.82) is 0 Å². The van der Waals surface area contributed by atoms with E-state index in [0.717, 1.165) is 5.69 Å². The maximum atomic E-state index is 13.4. The van der Waals surface area contributed by atoms with Gasteiger partial charge in [-0.25, -0.2) is 4.79 Å². The van der Waals surface area contributed by atoms with Crippen molar-refractivity contribution in [3.8, 4) is 22.6 Å². The number of pyridine rings is 1. The second-order valence-electron chi connectivity index (χ2n) is 10.8. The fourth-order valence-corrected chi connectivity index (χ4v) is 4.41. The van der Waals surface area contributed by atoms with Crippen molar-refractivity contribution >= 4 is 23.3 Å². The number of methoxy groups -OCH3 is 1. The summed E-state index contributed by atoms with van der Waals surface area (Å²) in [6.45, 7) is 6.89. The summed E-state index contributed by atoms with van der Waals surface area (Å²) in [5.74, 6) is 0.0386. The lowest BCUT2D eigenvalue weighted by Crippen LogP contribution is -2.30. The van der Waals surface area contributed by atoms with Crippen molar-refractivity contribution in [3.63, 3.8) is 0 Å². The molecule has 2 aromatic carbocycles. The number of nitrogens with zero attached hydrogens (tertiary/aromatic N) is 1. The van der Waals surface area contributed by atoms with E-state index >= 15 is 0 Å². The lowest BCUT2D eigenvalue weighted by atomic mass is 10.0. The van der Waals surface area contributed by atoms with E-state index in [9.17, 15) is 18.4 Å². The Morgan fingerprint density at radius 1 is 1.02 bits per heavy atom. The van der Waals surface area contributed by atoms with Crippen molar-refractivity contribution in [2.75, 3.05) is 19.0 Å². The molecule has 0 radical (unpaired) electrons. The molecule has 0 aliphatic carbocycles. The van der Waals surface area contributed by atoms with E-state index in [1.165, 1.54) is 31.4 Å². The molecule has 216 valence electrons. The predicted molar refractivity (Wildman–Crippen MR) is 153 cm³/mol. The number of carbonyl (C=O) groups excluding carboxylic acids is 1. The van der Waals surface area contributed by atoms with Gasteiger partial charge in [0.05, 0.1) is 24.9 Å². The second kappa shape index (κ2) is 13.2. The Bertz CT molecular complexity index is 1370. The Labute approximate surface area is 238 Å². The van der Waals surface area contributed by atoms with Gasteiger partial charge in [0.1, 0.15) is 17.1 Å². The average Bonchev–Trinajstić information content (AvgIpc) is 2.86. The lowest BCUT2D eigenvalue weighted by Gasteiger charge is -2.24. The summed E-state index contributed by atoms with van der Waals surface area (Å²) in [6, 6.07) is 12.2. The molecule has 7 nitrogen and oxygen atoms in total. The SMILES string of the molecule is COc1cn(C(CNc2ccc(C(=O)OC(C)(C)C)cc2)CC(C)C)c(=O)cc1-c1cc(Cl)ccc1OC(F)F. The predicted octanol–water partition coefficient (Wildman–Crippen LogP) is 7.43. The zero-order chi connectivity index (χ0) is 29.6. The van der Waals surface area contributed by atoms with E-state index in [0.29, 0.717) is 29.3 Å². The number of anilines is 1. The summed E-state index contributed by atoms with van der Waals surface area (Å²) >= 11 is 6.13. The minimum absolute atomic E-state index is 0.120. The highest BCUT2D eigenvalue weighted by atomic mass is 35.5. The smallest absolute Gasteiger partial charge is 0.387 e. The van der Waals surface area contributed by atoms with Gasteiger partial charge in [0.2, 0.25) is 0 Å². The molecule has 0 spiro atoms. The lowest BCUT2D eigenvalue weighted by molar-refractivity contribution is -0.0494. The van der Waals surface area contributed by atoms with Gasteiger partial charge in [-0.05, 0) is 75.6 Å². The van der Waals surface area contributed by atoms with Gasteiger partial charge in [0, 0.05) is 34.4 Å². The van der Waals surface area contributed by atoms with Crippen LogP contribution in [0, 0.1) is 5.92 Å². The van der Waals surface area contributed by atoms with Crippen LogP contribution in [-0.4, -0.2) is 36.4 Å². The molecule has 0 amide bonds. The summed E-state index contributed by atoms with van der Waals surface area (Å²) in [4.78, 5) is 25.7. The molecule has 40 heavy (non-hydrogen) atoms. The Morgan fingerprint density at radius 2 is 1.68 bits per heavy atom. The minimum Gasteiger partial charge on any atom is -0.495 e. The van der Waals surface area contributed by atoms with Crippen LogP contribution in [-0.2, 0) is 4.74 Å². The third-order valence-corrected chi connectivity index (χ3v) is 6.15. The van der Waals surface area contributed by atoms with Gasteiger partial charge in [-0.2, -0.15) is 8.78 Å². The van der Waals surface area contributed by atoms with Crippen LogP contribution in [0.2, 0.25) is 5.02 Å². The zero-order valence-electron chi connectivity index (χ0n) is 23.5. The number of halogens is 3. The standard InChI is InChI=1S/C30H35ClF2N2O5/c1-18(2)13-22(16-34-21-10-7-19(8-11-21)28(37)40-30(3,4)5)35-17-26(38-6)24(15-27(35)36)23-14-20(31)9-12-25(23)39-29(32)33/h7-12,14-15,17-18,22,29,34H,13,16H2,1-6H3. The van der Waals surface area contributed by atoms with Crippen LogP contribution in [0.4, 0.5) is 14.5 Å². The summed E-state index contributed by atoms with van der Waals surface area (Å²) in [6.07, 6.45) is 2.24. The van der Waals surface area contributed by atoms with E-state index in [1.807, 2.05) is 20.8 Å². The maximum Gasteiger partial charge on any atom is 0.387 e. The van der Waals surface area contributed by atoms with Gasteiger partial charge in [-0.1, -0.05) is 25.4 Å². The highest BCUT2D eigenvalue weighted by Gasteiger charge is 2.21.